The number of benzene rings is 1. The Bertz CT molecular complexity index is 402. The van der Waals surface area contributed by atoms with Crippen LogP contribution in [-0.4, -0.2) is 13.1 Å². The molecule has 0 bridgehead atoms. The van der Waals surface area contributed by atoms with E-state index in [0.29, 0.717) is 11.5 Å². The van der Waals surface area contributed by atoms with Crippen LogP contribution in [0.25, 0.3) is 0 Å². The van der Waals surface area contributed by atoms with E-state index in [1.807, 2.05) is 6.07 Å². The van der Waals surface area contributed by atoms with Gasteiger partial charge in [-0.3, -0.25) is 0 Å². The Hall–Kier alpha value is -0.530. The summed E-state index contributed by atoms with van der Waals surface area (Å²) in [5.74, 6) is 0. The van der Waals surface area contributed by atoms with Gasteiger partial charge in [-0.2, -0.15) is 0 Å². The van der Waals surface area contributed by atoms with Crippen LogP contribution < -0.4 is 5.32 Å². The number of halogens is 1. The van der Waals surface area contributed by atoms with E-state index >= 15 is 0 Å². The van der Waals surface area contributed by atoms with Gasteiger partial charge in [0.2, 0.25) is 0 Å². The van der Waals surface area contributed by atoms with Crippen molar-refractivity contribution in [3.8, 4) is 0 Å². The van der Waals surface area contributed by atoms with E-state index in [1.165, 1.54) is 31.2 Å². The van der Waals surface area contributed by atoms with Gasteiger partial charge in [-0.05, 0) is 56.0 Å². The Labute approximate surface area is 95.8 Å². The van der Waals surface area contributed by atoms with Crippen molar-refractivity contribution in [1.29, 1.82) is 0 Å². The highest BCUT2D eigenvalue weighted by molar-refractivity contribution is 6.30. The molecule has 1 saturated carbocycles. The van der Waals surface area contributed by atoms with E-state index in [9.17, 15) is 0 Å². The van der Waals surface area contributed by atoms with Gasteiger partial charge in [-0.1, -0.05) is 17.7 Å². The summed E-state index contributed by atoms with van der Waals surface area (Å²) in [6.07, 6.45) is 5.16. The molecule has 0 saturated heterocycles. The lowest BCUT2D eigenvalue weighted by Crippen LogP contribution is -2.26. The Morgan fingerprint density at radius 3 is 3.07 bits per heavy atom. The summed E-state index contributed by atoms with van der Waals surface area (Å²) in [7, 11) is 2.07. The molecule has 3 rings (SSSR count). The molecular weight excluding hydrogens is 206 g/mol. The quantitative estimate of drug-likeness (QED) is 0.769. The van der Waals surface area contributed by atoms with E-state index in [4.69, 9.17) is 11.6 Å². The Kier molecular flexibility index (Phi) is 2.08. The van der Waals surface area contributed by atoms with Crippen LogP contribution in [0, 0.1) is 0 Å². The summed E-state index contributed by atoms with van der Waals surface area (Å²) < 4.78 is 0. The van der Waals surface area contributed by atoms with Gasteiger partial charge in [-0.25, -0.2) is 0 Å². The molecule has 0 aliphatic heterocycles. The molecule has 80 valence electrons. The van der Waals surface area contributed by atoms with Crippen molar-refractivity contribution in [2.45, 2.75) is 37.1 Å². The lowest BCUT2D eigenvalue weighted by atomic mass is 9.79. The second kappa shape index (κ2) is 3.23. The van der Waals surface area contributed by atoms with Crippen LogP contribution in [0.2, 0.25) is 5.02 Å². The molecule has 2 heteroatoms. The highest BCUT2D eigenvalue weighted by Gasteiger charge is 2.55. The first-order valence-electron chi connectivity index (χ1n) is 5.72. The molecule has 2 atom stereocenters. The third-order valence-electron chi connectivity index (χ3n) is 4.10. The summed E-state index contributed by atoms with van der Waals surface area (Å²) in [6, 6.07) is 7.13. The third kappa shape index (κ3) is 1.33. The van der Waals surface area contributed by atoms with E-state index in [2.05, 4.69) is 24.5 Å². The number of likely N-dealkylation sites (N-methyl/N-ethyl adjacent to an activating group) is 1. The summed E-state index contributed by atoms with van der Waals surface area (Å²) in [5.41, 5.74) is 3.48. The molecule has 0 amide bonds. The lowest BCUT2D eigenvalue weighted by Gasteiger charge is -2.26. The maximum Gasteiger partial charge on any atom is 0.0408 e. The van der Waals surface area contributed by atoms with Crippen molar-refractivity contribution in [2.75, 3.05) is 7.05 Å². The number of fused-ring (bicyclic) bond motifs is 2. The minimum Gasteiger partial charge on any atom is -0.316 e. The van der Waals surface area contributed by atoms with Crippen LogP contribution in [0.1, 0.15) is 30.4 Å². The number of aryl methyl sites for hydroxylation is 1. The first kappa shape index (κ1) is 9.68. The monoisotopic (exact) mass is 221 g/mol. The second-order valence-electron chi connectivity index (χ2n) is 4.86. The maximum absolute atomic E-state index is 6.04. The van der Waals surface area contributed by atoms with Crippen molar-refractivity contribution < 1.29 is 0 Å². The summed E-state index contributed by atoms with van der Waals surface area (Å²) in [5, 5.41) is 4.30. The molecular formula is C13H16ClN. The number of hydrogen-bond acceptors (Lipinski definition) is 1. The van der Waals surface area contributed by atoms with Crippen molar-refractivity contribution in [3.05, 3.63) is 34.3 Å². The Morgan fingerprint density at radius 1 is 1.47 bits per heavy atom. The molecule has 1 nitrogen and oxygen atoms in total. The molecule has 2 unspecified atom stereocenters. The first-order valence-corrected chi connectivity index (χ1v) is 6.10. The van der Waals surface area contributed by atoms with Gasteiger partial charge in [0.15, 0.2) is 0 Å². The van der Waals surface area contributed by atoms with Gasteiger partial charge in [0, 0.05) is 16.5 Å². The van der Waals surface area contributed by atoms with E-state index in [-0.39, 0.29) is 0 Å². The van der Waals surface area contributed by atoms with Crippen molar-refractivity contribution in [1.82, 2.24) is 5.32 Å². The Balaban J connectivity index is 2.05. The standard InChI is InChI=1S/C13H16ClN/c1-15-12-8-13(12)6-2-3-9-7-10(14)4-5-11(9)13/h4-5,7,12,15H,2-3,6,8H2,1H3. The van der Waals surface area contributed by atoms with Crippen molar-refractivity contribution >= 4 is 11.6 Å². The minimum atomic E-state index is 0.451. The predicted octanol–water partition coefficient (Wildman–Crippen LogP) is 2.91. The normalized spacial score (nSPS) is 32.8. The average Bonchev–Trinajstić information content (AvgIpc) is 2.92. The van der Waals surface area contributed by atoms with E-state index in [0.717, 1.165) is 5.02 Å². The number of hydrogen-bond donors (Lipinski definition) is 1. The maximum atomic E-state index is 6.04. The first-order chi connectivity index (χ1) is 7.26. The summed E-state index contributed by atoms with van der Waals surface area (Å²) >= 11 is 6.04. The molecule has 15 heavy (non-hydrogen) atoms. The topological polar surface area (TPSA) is 12.0 Å². The van der Waals surface area contributed by atoms with Gasteiger partial charge >= 0.3 is 0 Å². The summed E-state index contributed by atoms with van der Waals surface area (Å²) in [4.78, 5) is 0. The summed E-state index contributed by atoms with van der Waals surface area (Å²) in [6.45, 7) is 0. The largest absolute Gasteiger partial charge is 0.316 e. The molecule has 1 aromatic rings. The van der Waals surface area contributed by atoms with Gasteiger partial charge < -0.3 is 5.32 Å². The third-order valence-corrected chi connectivity index (χ3v) is 4.33. The molecule has 2 aliphatic carbocycles. The fourth-order valence-corrected chi connectivity index (χ4v) is 3.44. The van der Waals surface area contributed by atoms with Crippen LogP contribution in [0.3, 0.4) is 0 Å². The van der Waals surface area contributed by atoms with Crippen LogP contribution in [0.5, 0.6) is 0 Å². The molecule has 1 spiro atoms. The molecule has 1 fully saturated rings. The van der Waals surface area contributed by atoms with Crippen LogP contribution in [0.15, 0.2) is 18.2 Å². The van der Waals surface area contributed by atoms with E-state index < -0.39 is 0 Å². The van der Waals surface area contributed by atoms with Crippen LogP contribution in [-0.2, 0) is 11.8 Å². The zero-order valence-electron chi connectivity index (χ0n) is 9.02. The smallest absolute Gasteiger partial charge is 0.0408 e. The van der Waals surface area contributed by atoms with Gasteiger partial charge in [0.25, 0.3) is 0 Å². The molecule has 0 radical (unpaired) electrons. The fourth-order valence-electron chi connectivity index (χ4n) is 3.24. The lowest BCUT2D eigenvalue weighted by molar-refractivity contribution is 0.507. The Morgan fingerprint density at radius 2 is 2.33 bits per heavy atom. The molecule has 1 N–H and O–H groups in total. The highest BCUT2D eigenvalue weighted by Crippen LogP contribution is 2.55. The SMILES string of the molecule is CNC1CC12CCCc1cc(Cl)ccc12. The molecule has 1 aromatic carbocycles. The zero-order chi connectivity index (χ0) is 10.5. The van der Waals surface area contributed by atoms with Gasteiger partial charge in [0.05, 0.1) is 0 Å². The van der Waals surface area contributed by atoms with Crippen molar-refractivity contribution in [3.63, 3.8) is 0 Å². The van der Waals surface area contributed by atoms with Crippen molar-refractivity contribution in [2.24, 2.45) is 0 Å². The average molecular weight is 222 g/mol. The molecule has 0 heterocycles. The van der Waals surface area contributed by atoms with Crippen LogP contribution >= 0.6 is 11.6 Å². The molecule has 0 aromatic heterocycles. The van der Waals surface area contributed by atoms with Gasteiger partial charge in [0.1, 0.15) is 0 Å². The number of nitrogens with one attached hydrogen (secondary N) is 1. The second-order valence-corrected chi connectivity index (χ2v) is 5.29. The van der Waals surface area contributed by atoms with E-state index in [1.54, 1.807) is 5.56 Å². The minimum absolute atomic E-state index is 0.451. The predicted molar refractivity (Wildman–Crippen MR) is 63.5 cm³/mol. The number of rotatable bonds is 1. The van der Waals surface area contributed by atoms with Crippen LogP contribution in [0.4, 0.5) is 0 Å². The zero-order valence-corrected chi connectivity index (χ0v) is 9.77. The van der Waals surface area contributed by atoms with Gasteiger partial charge in [-0.15, -0.1) is 0 Å². The fraction of sp³-hybridized carbons (Fsp3) is 0.538. The highest BCUT2D eigenvalue weighted by atomic mass is 35.5. The molecule has 2 aliphatic rings.